The lowest BCUT2D eigenvalue weighted by Gasteiger charge is -2.16. The molecule has 0 saturated carbocycles. The Hall–Kier alpha value is -2.27. The van der Waals surface area contributed by atoms with E-state index in [-0.39, 0.29) is 12.0 Å². The third kappa shape index (κ3) is 4.38. The predicted octanol–water partition coefficient (Wildman–Crippen LogP) is 2.65. The van der Waals surface area contributed by atoms with E-state index in [1.165, 1.54) is 5.56 Å². The number of hydrogen-bond acceptors (Lipinski definition) is 4. The number of carbonyl (C=O) groups is 1. The zero-order valence-electron chi connectivity index (χ0n) is 14.0. The van der Waals surface area contributed by atoms with E-state index >= 15 is 0 Å². The number of aryl methyl sites for hydroxylation is 2. The molecule has 2 aromatic rings. The van der Waals surface area contributed by atoms with E-state index in [1.807, 2.05) is 13.0 Å². The van der Waals surface area contributed by atoms with E-state index in [4.69, 9.17) is 4.74 Å². The molecular formula is C19H23N3O2. The predicted molar refractivity (Wildman–Crippen MR) is 91.8 cm³/mol. The molecule has 3 rings (SSSR count). The van der Waals surface area contributed by atoms with Crippen LogP contribution in [-0.2, 0) is 11.2 Å². The van der Waals surface area contributed by atoms with Crippen LogP contribution < -0.4 is 0 Å². The van der Waals surface area contributed by atoms with Gasteiger partial charge in [0.1, 0.15) is 5.69 Å². The van der Waals surface area contributed by atoms with Crippen molar-refractivity contribution in [3.8, 4) is 0 Å². The van der Waals surface area contributed by atoms with Crippen LogP contribution in [0.3, 0.4) is 0 Å². The number of amides is 1. The lowest BCUT2D eigenvalue weighted by atomic mass is 10.1. The van der Waals surface area contributed by atoms with E-state index < -0.39 is 0 Å². The van der Waals surface area contributed by atoms with E-state index in [9.17, 15) is 4.79 Å². The quantitative estimate of drug-likeness (QED) is 0.766. The molecule has 0 radical (unpaired) electrons. The minimum atomic E-state index is -0.0575. The van der Waals surface area contributed by atoms with E-state index in [2.05, 4.69) is 34.2 Å². The molecule has 1 fully saturated rings. The van der Waals surface area contributed by atoms with Crippen LogP contribution in [0, 0.1) is 6.92 Å². The van der Waals surface area contributed by atoms with E-state index in [1.54, 1.807) is 17.3 Å². The maximum Gasteiger partial charge on any atom is 0.274 e. The number of nitrogens with zero attached hydrogens (tertiary/aromatic N) is 3. The highest BCUT2D eigenvalue weighted by Gasteiger charge is 2.28. The molecular weight excluding hydrogens is 302 g/mol. The van der Waals surface area contributed by atoms with Crippen molar-refractivity contribution >= 4 is 5.91 Å². The highest BCUT2D eigenvalue weighted by atomic mass is 16.5. The third-order valence-corrected chi connectivity index (χ3v) is 4.24. The van der Waals surface area contributed by atoms with Gasteiger partial charge in [-0.15, -0.1) is 0 Å². The number of carbonyl (C=O) groups excluding carboxylic acids is 1. The van der Waals surface area contributed by atoms with Crippen molar-refractivity contribution in [1.29, 1.82) is 0 Å². The van der Waals surface area contributed by atoms with Crippen molar-refractivity contribution in [2.45, 2.75) is 32.3 Å². The standard InChI is InChI=1S/C19H23N3O2/c1-15-12-21-18(13-20-15)19(23)22-10-9-17(14-22)24-11-5-8-16-6-3-2-4-7-16/h2-4,6-7,12-13,17H,5,8-11,14H2,1H3/t17-/m1/s1. The number of hydrogen-bond donors (Lipinski definition) is 0. The van der Waals surface area contributed by atoms with Gasteiger partial charge in [0, 0.05) is 25.9 Å². The topological polar surface area (TPSA) is 55.3 Å². The molecule has 1 aliphatic heterocycles. The Morgan fingerprint density at radius 3 is 2.83 bits per heavy atom. The minimum absolute atomic E-state index is 0.0575. The summed E-state index contributed by atoms with van der Waals surface area (Å²) in [6.45, 7) is 3.94. The van der Waals surface area contributed by atoms with Crippen LogP contribution in [0.2, 0.25) is 0 Å². The van der Waals surface area contributed by atoms with E-state index in [0.29, 0.717) is 12.2 Å². The SMILES string of the molecule is Cc1cnc(C(=O)N2CC[C@@H](OCCCc3ccccc3)C2)cn1. The normalized spacial score (nSPS) is 17.2. The van der Waals surface area contributed by atoms with Crippen LogP contribution in [0.1, 0.15) is 34.6 Å². The van der Waals surface area contributed by atoms with Gasteiger partial charge in [-0.1, -0.05) is 30.3 Å². The molecule has 1 aromatic heterocycles. The highest BCUT2D eigenvalue weighted by Crippen LogP contribution is 2.15. The van der Waals surface area contributed by atoms with Crippen molar-refractivity contribution in [3.05, 3.63) is 59.7 Å². The lowest BCUT2D eigenvalue weighted by Crippen LogP contribution is -2.31. The Kier molecular flexibility index (Phi) is 5.54. The second-order valence-corrected chi connectivity index (χ2v) is 6.16. The Bertz CT molecular complexity index is 658. The van der Waals surface area contributed by atoms with Gasteiger partial charge in [0.15, 0.2) is 0 Å². The summed E-state index contributed by atoms with van der Waals surface area (Å²) in [6.07, 6.45) is 6.21. The second kappa shape index (κ2) is 8.02. The van der Waals surface area contributed by atoms with Gasteiger partial charge in [-0.25, -0.2) is 4.98 Å². The first-order valence-electron chi connectivity index (χ1n) is 8.46. The molecule has 5 nitrogen and oxygen atoms in total. The summed E-state index contributed by atoms with van der Waals surface area (Å²) in [5.41, 5.74) is 2.56. The summed E-state index contributed by atoms with van der Waals surface area (Å²) in [5.74, 6) is -0.0575. The molecule has 0 unspecified atom stereocenters. The van der Waals surface area contributed by atoms with E-state index in [0.717, 1.165) is 38.1 Å². The first-order chi connectivity index (χ1) is 11.7. The molecule has 1 saturated heterocycles. The molecule has 1 amide bonds. The lowest BCUT2D eigenvalue weighted by molar-refractivity contribution is 0.0522. The summed E-state index contributed by atoms with van der Waals surface area (Å²) in [7, 11) is 0. The van der Waals surface area contributed by atoms with Crippen molar-refractivity contribution in [2.75, 3.05) is 19.7 Å². The molecule has 1 aromatic carbocycles. The van der Waals surface area contributed by atoms with Gasteiger partial charge in [-0.3, -0.25) is 9.78 Å². The molecule has 0 spiro atoms. The summed E-state index contributed by atoms with van der Waals surface area (Å²) in [5, 5.41) is 0. The second-order valence-electron chi connectivity index (χ2n) is 6.16. The zero-order chi connectivity index (χ0) is 16.8. The molecule has 0 bridgehead atoms. The number of benzene rings is 1. The van der Waals surface area contributed by atoms with Crippen molar-refractivity contribution in [1.82, 2.24) is 14.9 Å². The average Bonchev–Trinajstić information content (AvgIpc) is 3.09. The van der Waals surface area contributed by atoms with Crippen LogP contribution >= 0.6 is 0 Å². The molecule has 5 heteroatoms. The summed E-state index contributed by atoms with van der Waals surface area (Å²) in [4.78, 5) is 22.5. The molecule has 0 aliphatic carbocycles. The molecule has 1 aliphatic rings. The number of ether oxygens (including phenoxy) is 1. The summed E-state index contributed by atoms with van der Waals surface area (Å²) in [6, 6.07) is 10.4. The van der Waals surface area contributed by atoms with Gasteiger partial charge in [-0.05, 0) is 31.7 Å². The maximum absolute atomic E-state index is 12.4. The Morgan fingerprint density at radius 2 is 2.08 bits per heavy atom. The van der Waals surface area contributed by atoms with Crippen molar-refractivity contribution in [2.24, 2.45) is 0 Å². The first kappa shape index (κ1) is 16.6. The molecule has 1 atom stereocenters. The van der Waals surface area contributed by atoms with Crippen LogP contribution in [0.15, 0.2) is 42.7 Å². The first-order valence-corrected chi connectivity index (χ1v) is 8.46. The van der Waals surface area contributed by atoms with Gasteiger partial charge in [0.2, 0.25) is 0 Å². The monoisotopic (exact) mass is 325 g/mol. The van der Waals surface area contributed by atoms with Gasteiger partial charge >= 0.3 is 0 Å². The minimum Gasteiger partial charge on any atom is -0.376 e. The number of likely N-dealkylation sites (tertiary alicyclic amines) is 1. The smallest absolute Gasteiger partial charge is 0.274 e. The van der Waals surface area contributed by atoms with Gasteiger partial charge < -0.3 is 9.64 Å². The van der Waals surface area contributed by atoms with Gasteiger partial charge in [-0.2, -0.15) is 0 Å². The molecule has 2 heterocycles. The fourth-order valence-corrected chi connectivity index (χ4v) is 2.88. The maximum atomic E-state index is 12.4. The Morgan fingerprint density at radius 1 is 1.25 bits per heavy atom. The molecule has 126 valence electrons. The van der Waals surface area contributed by atoms with Gasteiger partial charge in [0.05, 0.1) is 18.0 Å². The average molecular weight is 325 g/mol. The van der Waals surface area contributed by atoms with Crippen LogP contribution in [0.4, 0.5) is 0 Å². The largest absolute Gasteiger partial charge is 0.376 e. The Labute approximate surface area is 142 Å². The number of rotatable bonds is 6. The van der Waals surface area contributed by atoms with Crippen molar-refractivity contribution in [3.63, 3.8) is 0 Å². The number of aromatic nitrogens is 2. The van der Waals surface area contributed by atoms with Crippen LogP contribution in [0.5, 0.6) is 0 Å². The molecule has 0 N–H and O–H groups in total. The fourth-order valence-electron chi connectivity index (χ4n) is 2.88. The van der Waals surface area contributed by atoms with Crippen LogP contribution in [0.25, 0.3) is 0 Å². The zero-order valence-corrected chi connectivity index (χ0v) is 14.0. The summed E-state index contributed by atoms with van der Waals surface area (Å²) >= 11 is 0. The molecule has 24 heavy (non-hydrogen) atoms. The van der Waals surface area contributed by atoms with Gasteiger partial charge in [0.25, 0.3) is 5.91 Å². The third-order valence-electron chi connectivity index (χ3n) is 4.24. The Balaban J connectivity index is 1.40. The fraction of sp³-hybridized carbons (Fsp3) is 0.421. The summed E-state index contributed by atoms with van der Waals surface area (Å²) < 4.78 is 5.93. The van der Waals surface area contributed by atoms with Crippen molar-refractivity contribution < 1.29 is 9.53 Å². The highest BCUT2D eigenvalue weighted by molar-refractivity contribution is 5.92. The van der Waals surface area contributed by atoms with Crippen LogP contribution in [-0.4, -0.2) is 46.6 Å².